The Labute approximate surface area is 114 Å². The Morgan fingerprint density at radius 2 is 2.16 bits per heavy atom. The van der Waals surface area contributed by atoms with E-state index in [1.165, 1.54) is 0 Å². The Kier molecular flexibility index (Phi) is 6.30. The Bertz CT molecular complexity index is 437. The number of methoxy groups -OCH3 is 1. The minimum absolute atomic E-state index is 0.0283. The first-order valence-electron chi connectivity index (χ1n) is 6.52. The van der Waals surface area contributed by atoms with Gasteiger partial charge in [-0.05, 0) is 49.0 Å². The normalized spacial score (nSPS) is 15.0. The van der Waals surface area contributed by atoms with Gasteiger partial charge in [0.2, 0.25) is 0 Å². The number of carbonyl (C=O) groups excluding carboxylic acids is 1. The van der Waals surface area contributed by atoms with Gasteiger partial charge in [-0.25, -0.2) is 0 Å². The van der Waals surface area contributed by atoms with E-state index in [-0.39, 0.29) is 11.9 Å². The second kappa shape index (κ2) is 7.74. The minimum Gasteiger partial charge on any atom is -0.508 e. The van der Waals surface area contributed by atoms with Crippen LogP contribution < -0.4 is 0 Å². The fraction of sp³-hybridized carbons (Fsp3) is 0.438. The zero-order valence-corrected chi connectivity index (χ0v) is 11.8. The van der Waals surface area contributed by atoms with Crippen molar-refractivity contribution in [1.29, 1.82) is 0 Å². The van der Waals surface area contributed by atoms with E-state index in [1.807, 2.05) is 25.1 Å². The van der Waals surface area contributed by atoms with Crippen molar-refractivity contribution in [3.05, 3.63) is 41.5 Å². The van der Waals surface area contributed by atoms with Crippen LogP contribution in [0.4, 0.5) is 0 Å². The van der Waals surface area contributed by atoms with Crippen LogP contribution in [0.2, 0.25) is 0 Å². The van der Waals surface area contributed by atoms with Crippen LogP contribution >= 0.6 is 0 Å². The molecule has 104 valence electrons. The minimum atomic E-state index is -0.0283. The summed E-state index contributed by atoms with van der Waals surface area (Å²) in [4.78, 5) is 10.6. The highest BCUT2D eigenvalue weighted by molar-refractivity contribution is 5.72. The van der Waals surface area contributed by atoms with Gasteiger partial charge in [-0.2, -0.15) is 0 Å². The maximum Gasteiger partial charge on any atom is 0.145 e. The summed E-state index contributed by atoms with van der Waals surface area (Å²) in [5, 5.41) is 9.48. The molecule has 0 aromatic heterocycles. The second-order valence-electron chi connectivity index (χ2n) is 4.90. The molecule has 0 bridgehead atoms. The van der Waals surface area contributed by atoms with Gasteiger partial charge in [0, 0.05) is 7.11 Å². The van der Waals surface area contributed by atoms with E-state index in [2.05, 4.69) is 6.92 Å². The highest BCUT2D eigenvalue weighted by Gasteiger charge is 2.12. The van der Waals surface area contributed by atoms with Crippen LogP contribution in [0, 0.1) is 5.92 Å². The van der Waals surface area contributed by atoms with Crippen molar-refractivity contribution in [3.63, 3.8) is 0 Å². The van der Waals surface area contributed by atoms with Crippen LogP contribution in [0.25, 0.3) is 0 Å². The maximum absolute atomic E-state index is 10.6. The Hall–Kier alpha value is -1.61. The van der Waals surface area contributed by atoms with Gasteiger partial charge in [0.1, 0.15) is 12.0 Å². The van der Waals surface area contributed by atoms with Crippen LogP contribution in [-0.2, 0) is 9.53 Å². The van der Waals surface area contributed by atoms with Crippen LogP contribution in [-0.4, -0.2) is 18.5 Å². The largest absolute Gasteiger partial charge is 0.508 e. The summed E-state index contributed by atoms with van der Waals surface area (Å²) in [6.07, 6.45) is 4.60. The second-order valence-corrected chi connectivity index (χ2v) is 4.90. The van der Waals surface area contributed by atoms with Crippen LogP contribution in [0.3, 0.4) is 0 Å². The quantitative estimate of drug-likeness (QED) is 0.602. The third-order valence-corrected chi connectivity index (χ3v) is 3.14. The van der Waals surface area contributed by atoms with Crippen molar-refractivity contribution in [2.45, 2.75) is 32.8 Å². The predicted octanol–water partition coefficient (Wildman–Crippen LogP) is 3.64. The number of aldehydes is 1. The molecule has 0 unspecified atom stereocenters. The summed E-state index contributed by atoms with van der Waals surface area (Å²) >= 11 is 0. The molecule has 19 heavy (non-hydrogen) atoms. The summed E-state index contributed by atoms with van der Waals surface area (Å²) in [6, 6.07) is 7.14. The molecule has 0 spiro atoms. The summed E-state index contributed by atoms with van der Waals surface area (Å²) in [6.45, 7) is 3.90. The molecule has 3 nitrogen and oxygen atoms in total. The first kappa shape index (κ1) is 15.4. The van der Waals surface area contributed by atoms with E-state index in [1.54, 1.807) is 19.2 Å². The summed E-state index contributed by atoms with van der Waals surface area (Å²) in [7, 11) is 1.67. The van der Waals surface area contributed by atoms with E-state index < -0.39 is 0 Å². The Morgan fingerprint density at radius 1 is 1.42 bits per heavy atom. The van der Waals surface area contributed by atoms with Crippen molar-refractivity contribution < 1.29 is 14.6 Å². The van der Waals surface area contributed by atoms with Gasteiger partial charge in [-0.1, -0.05) is 25.1 Å². The van der Waals surface area contributed by atoms with E-state index in [9.17, 15) is 9.90 Å². The number of phenolic OH excluding ortho intramolecular Hbond substituents is 1. The number of benzene rings is 1. The van der Waals surface area contributed by atoms with Gasteiger partial charge < -0.3 is 9.84 Å². The molecule has 0 fully saturated rings. The molecule has 0 radical (unpaired) electrons. The molecule has 0 aliphatic carbocycles. The SMILES string of the molecule is CO[C@@H](CC[C@H](C)/C=C(\C)C=O)c1cccc(O)c1. The monoisotopic (exact) mass is 262 g/mol. The van der Waals surface area contributed by atoms with Crippen LogP contribution in [0.15, 0.2) is 35.9 Å². The lowest BCUT2D eigenvalue weighted by atomic mass is 9.97. The zero-order chi connectivity index (χ0) is 14.3. The van der Waals surface area contributed by atoms with Crippen molar-refractivity contribution in [2.24, 2.45) is 5.92 Å². The highest BCUT2D eigenvalue weighted by Crippen LogP contribution is 2.26. The summed E-state index contributed by atoms with van der Waals surface area (Å²) in [5.74, 6) is 0.587. The standard InChI is InChI=1S/C16H22O3/c1-12(9-13(2)11-17)7-8-16(19-3)14-5-4-6-15(18)10-14/h4-6,9-12,16,18H,7-8H2,1-3H3/b13-9+/t12-,16-/m0/s1. The van der Waals surface area contributed by atoms with Crippen molar-refractivity contribution in [1.82, 2.24) is 0 Å². The van der Waals surface area contributed by atoms with Gasteiger partial charge in [0.15, 0.2) is 0 Å². The predicted molar refractivity (Wildman–Crippen MR) is 76.1 cm³/mol. The van der Waals surface area contributed by atoms with Crippen LogP contribution in [0.5, 0.6) is 5.75 Å². The fourth-order valence-corrected chi connectivity index (χ4v) is 2.13. The molecule has 0 aliphatic rings. The summed E-state index contributed by atoms with van der Waals surface area (Å²) in [5.41, 5.74) is 1.74. The van der Waals surface area contributed by atoms with E-state index >= 15 is 0 Å². The van der Waals surface area contributed by atoms with Gasteiger partial charge in [-0.15, -0.1) is 0 Å². The number of aromatic hydroxyl groups is 1. The maximum atomic E-state index is 10.6. The van der Waals surface area contributed by atoms with Crippen molar-refractivity contribution in [2.75, 3.05) is 7.11 Å². The van der Waals surface area contributed by atoms with Crippen LogP contribution in [0.1, 0.15) is 38.4 Å². The van der Waals surface area contributed by atoms with E-state index in [0.29, 0.717) is 5.92 Å². The summed E-state index contributed by atoms with van der Waals surface area (Å²) < 4.78 is 5.47. The van der Waals surface area contributed by atoms with Gasteiger partial charge in [0.05, 0.1) is 6.10 Å². The van der Waals surface area contributed by atoms with Gasteiger partial charge >= 0.3 is 0 Å². The number of ether oxygens (including phenoxy) is 1. The Balaban J connectivity index is 2.61. The van der Waals surface area contributed by atoms with E-state index in [0.717, 1.165) is 30.3 Å². The molecule has 1 N–H and O–H groups in total. The lowest BCUT2D eigenvalue weighted by Crippen LogP contribution is -2.04. The molecule has 1 rings (SSSR count). The van der Waals surface area contributed by atoms with Gasteiger partial charge in [0.25, 0.3) is 0 Å². The lowest BCUT2D eigenvalue weighted by Gasteiger charge is -2.17. The first-order valence-corrected chi connectivity index (χ1v) is 6.52. The number of hydrogen-bond donors (Lipinski definition) is 1. The lowest BCUT2D eigenvalue weighted by molar-refractivity contribution is -0.104. The number of allylic oxidation sites excluding steroid dienone is 2. The first-order chi connectivity index (χ1) is 9.06. The molecule has 3 heteroatoms. The highest BCUT2D eigenvalue weighted by atomic mass is 16.5. The van der Waals surface area contributed by atoms with Crippen molar-refractivity contribution >= 4 is 6.29 Å². The fourth-order valence-electron chi connectivity index (χ4n) is 2.13. The molecular weight excluding hydrogens is 240 g/mol. The molecular formula is C16H22O3. The molecule has 0 aliphatic heterocycles. The third-order valence-electron chi connectivity index (χ3n) is 3.14. The number of hydrogen-bond acceptors (Lipinski definition) is 3. The average molecular weight is 262 g/mol. The average Bonchev–Trinajstić information content (AvgIpc) is 2.39. The van der Waals surface area contributed by atoms with E-state index in [4.69, 9.17) is 4.74 Å². The number of rotatable bonds is 7. The van der Waals surface area contributed by atoms with Crippen molar-refractivity contribution in [3.8, 4) is 5.75 Å². The zero-order valence-electron chi connectivity index (χ0n) is 11.8. The molecule has 0 saturated carbocycles. The Morgan fingerprint density at radius 3 is 2.74 bits per heavy atom. The number of carbonyl (C=O) groups is 1. The number of phenols is 1. The smallest absolute Gasteiger partial charge is 0.145 e. The molecule has 0 saturated heterocycles. The third kappa shape index (κ3) is 5.26. The molecule has 0 amide bonds. The molecule has 1 aromatic carbocycles. The molecule has 2 atom stereocenters. The molecule has 0 heterocycles. The topological polar surface area (TPSA) is 46.5 Å². The molecule has 1 aromatic rings. The van der Waals surface area contributed by atoms with Gasteiger partial charge in [-0.3, -0.25) is 4.79 Å².